The van der Waals surface area contributed by atoms with Gasteiger partial charge in [0.2, 0.25) is 0 Å². The zero-order valence-corrected chi connectivity index (χ0v) is 16.7. The molecule has 0 saturated heterocycles. The maximum absolute atomic E-state index is 12.5. The molecule has 3 aromatic rings. The van der Waals surface area contributed by atoms with Gasteiger partial charge < -0.3 is 10.1 Å². The van der Waals surface area contributed by atoms with Crippen LogP contribution in [-0.2, 0) is 11.8 Å². The Morgan fingerprint density at radius 1 is 1.11 bits per heavy atom. The van der Waals surface area contributed by atoms with Crippen molar-refractivity contribution < 1.29 is 14.3 Å². The van der Waals surface area contributed by atoms with Gasteiger partial charge in [-0.1, -0.05) is 0 Å². The van der Waals surface area contributed by atoms with E-state index in [9.17, 15) is 9.59 Å². The van der Waals surface area contributed by atoms with Crippen molar-refractivity contribution in [3.05, 3.63) is 40.9 Å². The van der Waals surface area contributed by atoms with Crippen molar-refractivity contribution in [1.82, 2.24) is 9.78 Å². The fraction of sp³-hybridized carbons (Fsp3) is 0.316. The Morgan fingerprint density at radius 3 is 2.26 bits per heavy atom. The molecule has 0 atom stereocenters. The minimum atomic E-state index is -0.559. The third-order valence-electron chi connectivity index (χ3n) is 3.71. The SMILES string of the molecule is Cc1nn(C)c2sc(C(=O)Nc3ccc(NC(=O)OC(C)(C)C)cc3)cc12. The Bertz CT molecular complexity index is 962. The largest absolute Gasteiger partial charge is 0.444 e. The second kappa shape index (κ2) is 7.03. The van der Waals surface area contributed by atoms with Crippen molar-refractivity contribution in [3.8, 4) is 0 Å². The summed E-state index contributed by atoms with van der Waals surface area (Å²) in [6.07, 6.45) is -0.520. The number of aromatic nitrogens is 2. The summed E-state index contributed by atoms with van der Waals surface area (Å²) >= 11 is 1.40. The Balaban J connectivity index is 1.66. The number of fused-ring (bicyclic) bond motifs is 1. The number of benzene rings is 1. The molecule has 2 amide bonds. The van der Waals surface area contributed by atoms with E-state index in [4.69, 9.17) is 4.74 Å². The van der Waals surface area contributed by atoms with Crippen LogP contribution in [0.15, 0.2) is 30.3 Å². The molecule has 0 saturated carbocycles. The molecule has 2 heterocycles. The molecular formula is C19H22N4O3S. The first-order chi connectivity index (χ1) is 12.6. The van der Waals surface area contributed by atoms with Gasteiger partial charge in [0.05, 0.1) is 10.6 Å². The van der Waals surface area contributed by atoms with E-state index in [0.29, 0.717) is 16.3 Å². The number of thiophene rings is 1. The Morgan fingerprint density at radius 2 is 1.70 bits per heavy atom. The van der Waals surface area contributed by atoms with Gasteiger partial charge in [-0.05, 0) is 58.0 Å². The van der Waals surface area contributed by atoms with Gasteiger partial charge in [0, 0.05) is 23.8 Å². The highest BCUT2D eigenvalue weighted by atomic mass is 32.1. The standard InChI is InChI=1S/C19H22N4O3S/c1-11-14-10-15(27-17(14)23(5)22-11)16(24)20-12-6-8-13(9-7-12)21-18(25)26-19(2,3)4/h6-10H,1-5H3,(H,20,24)(H,21,25). The highest BCUT2D eigenvalue weighted by Crippen LogP contribution is 2.28. The molecule has 0 fully saturated rings. The average molecular weight is 386 g/mol. The number of nitrogens with zero attached hydrogens (tertiary/aromatic N) is 2. The smallest absolute Gasteiger partial charge is 0.412 e. The van der Waals surface area contributed by atoms with E-state index < -0.39 is 11.7 Å². The van der Waals surface area contributed by atoms with Crippen LogP contribution in [0.1, 0.15) is 36.1 Å². The molecule has 8 heteroatoms. The molecule has 0 radical (unpaired) electrons. The molecule has 0 aliphatic carbocycles. The van der Waals surface area contributed by atoms with Gasteiger partial charge in [-0.25, -0.2) is 4.79 Å². The molecule has 142 valence electrons. The zero-order chi connectivity index (χ0) is 19.8. The number of amides is 2. The second-order valence-corrected chi connectivity index (χ2v) is 8.23. The van der Waals surface area contributed by atoms with E-state index in [2.05, 4.69) is 15.7 Å². The monoisotopic (exact) mass is 386 g/mol. The summed E-state index contributed by atoms with van der Waals surface area (Å²) in [7, 11) is 1.86. The molecule has 0 spiro atoms. The van der Waals surface area contributed by atoms with Gasteiger partial charge in [-0.15, -0.1) is 11.3 Å². The number of hydrogen-bond donors (Lipinski definition) is 2. The van der Waals surface area contributed by atoms with Crippen LogP contribution in [0.25, 0.3) is 10.2 Å². The lowest BCUT2D eigenvalue weighted by Crippen LogP contribution is -2.27. The summed E-state index contributed by atoms with van der Waals surface area (Å²) in [6.45, 7) is 7.33. The number of rotatable bonds is 3. The Labute approximate surface area is 161 Å². The molecule has 0 unspecified atom stereocenters. The Kier molecular flexibility index (Phi) is 4.93. The maximum Gasteiger partial charge on any atom is 0.412 e. The summed E-state index contributed by atoms with van der Waals surface area (Å²) in [5.41, 5.74) is 1.57. The predicted octanol–water partition coefficient (Wildman–Crippen LogP) is 4.54. The number of carbonyl (C=O) groups is 2. The quantitative estimate of drug-likeness (QED) is 0.692. The van der Waals surface area contributed by atoms with Crippen LogP contribution in [0, 0.1) is 6.92 Å². The number of aryl methyl sites for hydroxylation is 2. The zero-order valence-electron chi connectivity index (χ0n) is 15.9. The fourth-order valence-corrected chi connectivity index (χ4v) is 3.59. The molecule has 0 aliphatic rings. The summed E-state index contributed by atoms with van der Waals surface area (Å²) in [4.78, 5) is 25.9. The number of carbonyl (C=O) groups excluding carboxylic acids is 2. The topological polar surface area (TPSA) is 85.3 Å². The molecule has 2 aromatic heterocycles. The molecular weight excluding hydrogens is 364 g/mol. The molecule has 1 aromatic carbocycles. The normalized spacial score (nSPS) is 11.4. The highest BCUT2D eigenvalue weighted by molar-refractivity contribution is 7.20. The van der Waals surface area contributed by atoms with Crippen molar-refractivity contribution in [3.63, 3.8) is 0 Å². The second-order valence-electron chi connectivity index (χ2n) is 7.20. The molecule has 2 N–H and O–H groups in total. The van der Waals surface area contributed by atoms with Crippen LogP contribution < -0.4 is 10.6 Å². The Hall–Kier alpha value is -2.87. The van der Waals surface area contributed by atoms with Crippen molar-refractivity contribution in [2.75, 3.05) is 10.6 Å². The van der Waals surface area contributed by atoms with E-state index in [1.807, 2.05) is 20.0 Å². The predicted molar refractivity (Wildman–Crippen MR) is 108 cm³/mol. The lowest BCUT2D eigenvalue weighted by Gasteiger charge is -2.19. The number of nitrogens with one attached hydrogen (secondary N) is 2. The van der Waals surface area contributed by atoms with Crippen molar-refractivity contribution in [2.45, 2.75) is 33.3 Å². The van der Waals surface area contributed by atoms with Crippen LogP contribution >= 0.6 is 11.3 Å². The molecule has 27 heavy (non-hydrogen) atoms. The third kappa shape index (κ3) is 4.46. The lowest BCUT2D eigenvalue weighted by molar-refractivity contribution is 0.0635. The van der Waals surface area contributed by atoms with Gasteiger partial charge in [-0.2, -0.15) is 5.10 Å². The van der Waals surface area contributed by atoms with Crippen molar-refractivity contribution in [2.24, 2.45) is 7.05 Å². The molecule has 7 nitrogen and oxygen atoms in total. The van der Waals surface area contributed by atoms with Crippen LogP contribution in [0.4, 0.5) is 16.2 Å². The number of anilines is 2. The van der Waals surface area contributed by atoms with Crippen molar-refractivity contribution >= 4 is 44.9 Å². The first-order valence-corrected chi connectivity index (χ1v) is 9.28. The first-order valence-electron chi connectivity index (χ1n) is 8.47. The number of hydrogen-bond acceptors (Lipinski definition) is 5. The molecule has 0 aliphatic heterocycles. The van der Waals surface area contributed by atoms with Crippen molar-refractivity contribution in [1.29, 1.82) is 0 Å². The van der Waals surface area contributed by atoms with Crippen LogP contribution in [-0.4, -0.2) is 27.4 Å². The average Bonchev–Trinajstić information content (AvgIpc) is 3.10. The van der Waals surface area contributed by atoms with Gasteiger partial charge >= 0.3 is 6.09 Å². The minimum Gasteiger partial charge on any atom is -0.444 e. The maximum atomic E-state index is 12.5. The summed E-state index contributed by atoms with van der Waals surface area (Å²) in [5, 5.41) is 10.9. The van der Waals surface area contributed by atoms with Crippen LogP contribution in [0.5, 0.6) is 0 Å². The van der Waals surface area contributed by atoms with Crippen LogP contribution in [0.3, 0.4) is 0 Å². The third-order valence-corrected chi connectivity index (χ3v) is 4.91. The van der Waals surface area contributed by atoms with Gasteiger partial charge in [-0.3, -0.25) is 14.8 Å². The van der Waals surface area contributed by atoms with Gasteiger partial charge in [0.1, 0.15) is 10.4 Å². The van der Waals surface area contributed by atoms with E-state index in [-0.39, 0.29) is 5.91 Å². The van der Waals surface area contributed by atoms with E-state index in [1.54, 1.807) is 49.7 Å². The van der Waals surface area contributed by atoms with Gasteiger partial charge in [0.25, 0.3) is 5.91 Å². The summed E-state index contributed by atoms with van der Waals surface area (Å²) in [6, 6.07) is 8.72. The highest BCUT2D eigenvalue weighted by Gasteiger charge is 2.17. The number of ether oxygens (including phenoxy) is 1. The summed E-state index contributed by atoms with van der Waals surface area (Å²) < 4.78 is 6.99. The minimum absolute atomic E-state index is 0.177. The fourth-order valence-electron chi connectivity index (χ4n) is 2.57. The van der Waals surface area contributed by atoms with Gasteiger partial charge in [0.15, 0.2) is 0 Å². The van der Waals surface area contributed by atoms with Crippen LogP contribution in [0.2, 0.25) is 0 Å². The van der Waals surface area contributed by atoms with E-state index in [1.165, 1.54) is 11.3 Å². The molecule has 0 bridgehead atoms. The molecule has 3 rings (SSSR count). The summed E-state index contributed by atoms with van der Waals surface area (Å²) in [5.74, 6) is -0.177. The first kappa shape index (κ1) is 18.9. The van der Waals surface area contributed by atoms with E-state index >= 15 is 0 Å². The lowest BCUT2D eigenvalue weighted by atomic mass is 10.2. The van der Waals surface area contributed by atoms with E-state index in [0.717, 1.165) is 15.9 Å².